The summed E-state index contributed by atoms with van der Waals surface area (Å²) in [6, 6.07) is 10.3. The Morgan fingerprint density at radius 2 is 1.95 bits per heavy atom. The number of nitrogens with zero attached hydrogens (tertiary/aromatic N) is 3. The molecule has 4 heteroatoms. The lowest BCUT2D eigenvalue weighted by Crippen LogP contribution is -2.48. The van der Waals surface area contributed by atoms with Crippen LogP contribution in [-0.2, 0) is 4.79 Å². The monoisotopic (exact) mass is 267 g/mol. The summed E-state index contributed by atoms with van der Waals surface area (Å²) >= 11 is 0. The summed E-state index contributed by atoms with van der Waals surface area (Å²) in [4.78, 5) is 20.2. The van der Waals surface area contributed by atoms with E-state index in [1.165, 1.54) is 6.08 Å². The highest BCUT2D eigenvalue weighted by atomic mass is 16.2. The molecule has 0 N–H and O–H groups in total. The largest absolute Gasteiger partial charge is 0.367 e. The van der Waals surface area contributed by atoms with Crippen molar-refractivity contribution < 1.29 is 4.79 Å². The molecule has 0 atom stereocenters. The second-order valence-corrected chi connectivity index (χ2v) is 4.90. The van der Waals surface area contributed by atoms with E-state index in [1.54, 1.807) is 0 Å². The maximum atomic E-state index is 11.6. The van der Waals surface area contributed by atoms with Gasteiger partial charge in [0.2, 0.25) is 5.91 Å². The number of carbonyl (C=O) groups excluding carboxylic acids is 1. The summed E-state index contributed by atoms with van der Waals surface area (Å²) in [5.41, 5.74) is 2.13. The first kappa shape index (κ1) is 12.7. The van der Waals surface area contributed by atoms with Gasteiger partial charge >= 0.3 is 0 Å². The molecule has 3 rings (SSSR count). The zero-order valence-electron chi connectivity index (χ0n) is 11.3. The highest BCUT2D eigenvalue weighted by Gasteiger charge is 2.19. The van der Waals surface area contributed by atoms with Crippen molar-refractivity contribution in [3.05, 3.63) is 49.2 Å². The van der Waals surface area contributed by atoms with Crippen molar-refractivity contribution in [2.75, 3.05) is 31.1 Å². The molecule has 1 aliphatic heterocycles. The number of hydrogen-bond acceptors (Lipinski definition) is 3. The molecule has 0 aliphatic carbocycles. The van der Waals surface area contributed by atoms with Gasteiger partial charge in [-0.3, -0.25) is 9.78 Å². The van der Waals surface area contributed by atoms with Gasteiger partial charge in [-0.15, -0.1) is 0 Å². The van der Waals surface area contributed by atoms with Crippen LogP contribution in [0, 0.1) is 0 Å². The molecule has 1 fully saturated rings. The number of benzene rings is 1. The number of para-hydroxylation sites is 1. The third kappa shape index (κ3) is 2.37. The second-order valence-electron chi connectivity index (χ2n) is 4.90. The summed E-state index contributed by atoms with van der Waals surface area (Å²) in [5, 5.41) is 1.15. The SMILES string of the molecule is C=CC(=O)N1CCN(c2cnc3ccccc3c2)CC1. The molecule has 1 amide bonds. The van der Waals surface area contributed by atoms with Gasteiger partial charge in [-0.1, -0.05) is 24.8 Å². The maximum Gasteiger partial charge on any atom is 0.246 e. The molecule has 0 unspecified atom stereocenters. The van der Waals surface area contributed by atoms with Crippen molar-refractivity contribution in [1.82, 2.24) is 9.88 Å². The summed E-state index contributed by atoms with van der Waals surface area (Å²) < 4.78 is 0. The van der Waals surface area contributed by atoms with Crippen molar-refractivity contribution in [3.8, 4) is 0 Å². The van der Waals surface area contributed by atoms with E-state index in [-0.39, 0.29) is 5.91 Å². The van der Waals surface area contributed by atoms with Crippen LogP contribution in [0.15, 0.2) is 49.2 Å². The Balaban J connectivity index is 1.76. The van der Waals surface area contributed by atoms with Gasteiger partial charge in [0.05, 0.1) is 17.4 Å². The smallest absolute Gasteiger partial charge is 0.246 e. The first-order chi connectivity index (χ1) is 9.78. The van der Waals surface area contributed by atoms with Crippen molar-refractivity contribution in [3.63, 3.8) is 0 Å². The van der Waals surface area contributed by atoms with Crippen molar-refractivity contribution >= 4 is 22.5 Å². The molecule has 1 aromatic carbocycles. The summed E-state index contributed by atoms with van der Waals surface area (Å²) in [7, 11) is 0. The Bertz CT molecular complexity index is 645. The number of carbonyl (C=O) groups is 1. The lowest BCUT2D eigenvalue weighted by Gasteiger charge is -2.35. The van der Waals surface area contributed by atoms with E-state index < -0.39 is 0 Å². The summed E-state index contributed by atoms with van der Waals surface area (Å²) in [5.74, 6) is 0.0151. The van der Waals surface area contributed by atoms with Gasteiger partial charge in [0, 0.05) is 31.6 Å². The van der Waals surface area contributed by atoms with Gasteiger partial charge in [0.15, 0.2) is 0 Å². The van der Waals surface area contributed by atoms with Crippen LogP contribution in [0.25, 0.3) is 10.9 Å². The highest BCUT2D eigenvalue weighted by molar-refractivity contribution is 5.87. The standard InChI is InChI=1S/C16H17N3O/c1-2-16(20)19-9-7-18(8-10-19)14-11-13-5-3-4-6-15(13)17-12-14/h2-6,11-12H,1,7-10H2. The topological polar surface area (TPSA) is 36.4 Å². The van der Waals surface area contributed by atoms with E-state index in [2.05, 4.69) is 28.6 Å². The second kappa shape index (κ2) is 5.33. The molecular formula is C16H17N3O. The molecule has 102 valence electrons. The molecule has 0 radical (unpaired) electrons. The van der Waals surface area contributed by atoms with E-state index >= 15 is 0 Å². The number of rotatable bonds is 2. The van der Waals surface area contributed by atoms with Gasteiger partial charge in [0.25, 0.3) is 0 Å². The zero-order chi connectivity index (χ0) is 13.9. The Morgan fingerprint density at radius 3 is 2.70 bits per heavy atom. The van der Waals surface area contributed by atoms with Gasteiger partial charge in [-0.05, 0) is 18.2 Å². The molecule has 0 spiro atoms. The fourth-order valence-electron chi connectivity index (χ4n) is 2.55. The number of anilines is 1. The minimum atomic E-state index is 0.0151. The van der Waals surface area contributed by atoms with Crippen LogP contribution in [0.2, 0.25) is 0 Å². The molecule has 1 aliphatic rings. The van der Waals surface area contributed by atoms with Crippen LogP contribution in [0.1, 0.15) is 0 Å². The lowest BCUT2D eigenvalue weighted by molar-refractivity contribution is -0.126. The Hall–Kier alpha value is -2.36. The van der Waals surface area contributed by atoms with Crippen molar-refractivity contribution in [2.45, 2.75) is 0 Å². The third-order valence-corrected chi connectivity index (χ3v) is 3.71. The van der Waals surface area contributed by atoms with Crippen LogP contribution in [0.5, 0.6) is 0 Å². The molecule has 0 bridgehead atoms. The van der Waals surface area contributed by atoms with Crippen LogP contribution in [-0.4, -0.2) is 42.0 Å². The average Bonchev–Trinajstić information content (AvgIpc) is 2.54. The molecule has 20 heavy (non-hydrogen) atoms. The van der Waals surface area contributed by atoms with Crippen LogP contribution in [0.4, 0.5) is 5.69 Å². The van der Waals surface area contributed by atoms with E-state index in [1.807, 2.05) is 29.3 Å². The van der Waals surface area contributed by atoms with E-state index in [4.69, 9.17) is 0 Å². The Labute approximate surface area is 118 Å². The summed E-state index contributed by atoms with van der Waals surface area (Å²) in [6.07, 6.45) is 3.29. The molecule has 2 aromatic rings. The van der Waals surface area contributed by atoms with Crippen LogP contribution in [0.3, 0.4) is 0 Å². The molecule has 0 saturated carbocycles. The third-order valence-electron chi connectivity index (χ3n) is 3.71. The average molecular weight is 267 g/mol. The minimum Gasteiger partial charge on any atom is -0.367 e. The number of amides is 1. The van der Waals surface area contributed by atoms with E-state index in [0.29, 0.717) is 0 Å². The fraction of sp³-hybridized carbons (Fsp3) is 0.250. The normalized spacial score (nSPS) is 15.4. The van der Waals surface area contributed by atoms with Crippen LogP contribution >= 0.6 is 0 Å². The highest BCUT2D eigenvalue weighted by Crippen LogP contribution is 2.20. The number of fused-ring (bicyclic) bond motifs is 1. The Kier molecular flexibility index (Phi) is 3.37. The minimum absolute atomic E-state index is 0.0151. The van der Waals surface area contributed by atoms with Crippen molar-refractivity contribution in [1.29, 1.82) is 0 Å². The molecule has 4 nitrogen and oxygen atoms in total. The fourth-order valence-corrected chi connectivity index (χ4v) is 2.55. The summed E-state index contributed by atoms with van der Waals surface area (Å²) in [6.45, 7) is 6.67. The predicted octanol–water partition coefficient (Wildman–Crippen LogP) is 2.07. The van der Waals surface area contributed by atoms with Gasteiger partial charge in [-0.25, -0.2) is 0 Å². The molecule has 1 saturated heterocycles. The zero-order valence-corrected chi connectivity index (χ0v) is 11.3. The first-order valence-electron chi connectivity index (χ1n) is 6.79. The number of hydrogen-bond donors (Lipinski definition) is 0. The predicted molar refractivity (Wildman–Crippen MR) is 80.7 cm³/mol. The number of aromatic nitrogens is 1. The quantitative estimate of drug-likeness (QED) is 0.782. The molecule has 1 aromatic heterocycles. The van der Waals surface area contributed by atoms with Crippen molar-refractivity contribution in [2.24, 2.45) is 0 Å². The number of pyridine rings is 1. The molecular weight excluding hydrogens is 250 g/mol. The molecule has 2 heterocycles. The van der Waals surface area contributed by atoms with Gasteiger partial charge in [0.1, 0.15) is 0 Å². The lowest BCUT2D eigenvalue weighted by atomic mass is 10.2. The maximum absolute atomic E-state index is 11.6. The van der Waals surface area contributed by atoms with E-state index in [9.17, 15) is 4.79 Å². The van der Waals surface area contributed by atoms with Gasteiger partial charge in [-0.2, -0.15) is 0 Å². The van der Waals surface area contributed by atoms with Crippen LogP contribution < -0.4 is 4.90 Å². The number of piperazine rings is 1. The van der Waals surface area contributed by atoms with Gasteiger partial charge < -0.3 is 9.80 Å². The Morgan fingerprint density at radius 1 is 1.20 bits per heavy atom. The first-order valence-corrected chi connectivity index (χ1v) is 6.79. The van der Waals surface area contributed by atoms with E-state index in [0.717, 1.165) is 42.8 Å².